The summed E-state index contributed by atoms with van der Waals surface area (Å²) in [6, 6.07) is 26.0. The summed E-state index contributed by atoms with van der Waals surface area (Å²) in [5.74, 6) is 0. The maximum Gasteiger partial charge on any atom is -0.00330 e. The summed E-state index contributed by atoms with van der Waals surface area (Å²) in [7, 11) is 0. The van der Waals surface area contributed by atoms with Crippen LogP contribution >= 0.6 is 0 Å². The van der Waals surface area contributed by atoms with Crippen molar-refractivity contribution >= 4 is 11.1 Å². The minimum absolute atomic E-state index is 1.17. The second-order valence-electron chi connectivity index (χ2n) is 6.54. The molecule has 3 aromatic carbocycles. The summed E-state index contributed by atoms with van der Waals surface area (Å²) in [4.78, 5) is 0. The third-order valence-electron chi connectivity index (χ3n) is 4.59. The van der Waals surface area contributed by atoms with E-state index in [-0.39, 0.29) is 0 Å². The Labute approximate surface area is 151 Å². The molecule has 25 heavy (non-hydrogen) atoms. The second kappa shape index (κ2) is 7.36. The fourth-order valence-corrected chi connectivity index (χ4v) is 3.14. The van der Waals surface area contributed by atoms with E-state index in [1.165, 1.54) is 44.5 Å². The van der Waals surface area contributed by atoms with Gasteiger partial charge in [-0.05, 0) is 54.2 Å². The van der Waals surface area contributed by atoms with Gasteiger partial charge in [0, 0.05) is 0 Å². The molecule has 0 aliphatic carbocycles. The van der Waals surface area contributed by atoms with E-state index < -0.39 is 0 Å². The lowest BCUT2D eigenvalue weighted by molar-refractivity contribution is 1.41. The van der Waals surface area contributed by atoms with Crippen LogP contribution in [0.2, 0.25) is 0 Å². The van der Waals surface area contributed by atoms with E-state index in [9.17, 15) is 0 Å². The summed E-state index contributed by atoms with van der Waals surface area (Å²) in [5.41, 5.74) is 9.85. The fourth-order valence-electron chi connectivity index (χ4n) is 3.14. The average molecular weight is 324 g/mol. The van der Waals surface area contributed by atoms with Gasteiger partial charge in [0.25, 0.3) is 0 Å². The van der Waals surface area contributed by atoms with E-state index in [4.69, 9.17) is 0 Å². The molecule has 0 aliphatic rings. The van der Waals surface area contributed by atoms with Crippen LogP contribution in [0.15, 0.2) is 85.5 Å². The highest BCUT2D eigenvalue weighted by Gasteiger charge is 2.13. The minimum atomic E-state index is 1.17. The Morgan fingerprint density at radius 2 is 1.16 bits per heavy atom. The van der Waals surface area contributed by atoms with Gasteiger partial charge in [-0.15, -0.1) is 0 Å². The van der Waals surface area contributed by atoms with Crippen LogP contribution in [-0.2, 0) is 0 Å². The molecule has 0 fully saturated rings. The van der Waals surface area contributed by atoms with Crippen LogP contribution in [0.3, 0.4) is 0 Å². The molecular formula is C25H24. The molecule has 0 amide bonds. The summed E-state index contributed by atoms with van der Waals surface area (Å²) in [6.45, 7) is 10.5. The van der Waals surface area contributed by atoms with Gasteiger partial charge >= 0.3 is 0 Å². The third kappa shape index (κ3) is 3.64. The Morgan fingerprint density at radius 3 is 1.60 bits per heavy atom. The van der Waals surface area contributed by atoms with Crippen molar-refractivity contribution in [2.24, 2.45) is 0 Å². The quantitative estimate of drug-likeness (QED) is 0.367. The fraction of sp³-hybridized carbons (Fsp3) is 0.120. The molecule has 0 nitrogen and oxygen atoms in total. The van der Waals surface area contributed by atoms with Gasteiger partial charge in [0.1, 0.15) is 0 Å². The number of benzene rings is 3. The number of aryl methyl sites for hydroxylation is 3. The van der Waals surface area contributed by atoms with Crippen LogP contribution in [0, 0.1) is 20.8 Å². The summed E-state index contributed by atoms with van der Waals surface area (Å²) in [5, 5.41) is 0. The van der Waals surface area contributed by atoms with E-state index in [1.54, 1.807) is 0 Å². The zero-order valence-corrected chi connectivity index (χ0v) is 15.2. The Kier molecular flexibility index (Phi) is 5.00. The molecule has 0 aliphatic heterocycles. The van der Waals surface area contributed by atoms with Crippen molar-refractivity contribution in [1.29, 1.82) is 0 Å². The molecule has 0 N–H and O–H groups in total. The molecule has 0 radical (unpaired) electrons. The molecule has 0 saturated heterocycles. The first-order chi connectivity index (χ1) is 12.1. The van der Waals surface area contributed by atoms with Gasteiger partial charge in [0.2, 0.25) is 0 Å². The van der Waals surface area contributed by atoms with E-state index in [2.05, 4.69) is 100 Å². The first-order valence-corrected chi connectivity index (χ1v) is 8.67. The predicted octanol–water partition coefficient (Wildman–Crippen LogP) is 6.76. The zero-order valence-electron chi connectivity index (χ0n) is 15.2. The largest absolute Gasteiger partial charge is 0.0984 e. The predicted molar refractivity (Wildman–Crippen MR) is 110 cm³/mol. The number of hydrogen-bond acceptors (Lipinski definition) is 0. The molecule has 0 heteroatoms. The van der Waals surface area contributed by atoms with Crippen LogP contribution < -0.4 is 0 Å². The molecule has 0 heterocycles. The van der Waals surface area contributed by atoms with Crippen LogP contribution in [0.4, 0.5) is 0 Å². The monoisotopic (exact) mass is 324 g/mol. The Bertz CT molecular complexity index is 860. The van der Waals surface area contributed by atoms with Crippen molar-refractivity contribution in [3.63, 3.8) is 0 Å². The number of allylic oxidation sites excluding steroid dienone is 2. The van der Waals surface area contributed by atoms with Crippen LogP contribution in [0.1, 0.15) is 33.4 Å². The summed E-state index contributed by atoms with van der Waals surface area (Å²) >= 11 is 0. The molecule has 3 rings (SSSR count). The molecule has 0 aromatic heterocycles. The molecule has 0 atom stereocenters. The van der Waals surface area contributed by atoms with Crippen molar-refractivity contribution in [2.45, 2.75) is 20.8 Å². The molecule has 124 valence electrons. The molecule has 0 bridgehead atoms. The van der Waals surface area contributed by atoms with Gasteiger partial charge in [-0.1, -0.05) is 96.6 Å². The Morgan fingerprint density at radius 1 is 0.680 bits per heavy atom. The second-order valence-corrected chi connectivity index (χ2v) is 6.54. The smallest absolute Gasteiger partial charge is 0.00330 e. The van der Waals surface area contributed by atoms with Gasteiger partial charge in [0.15, 0.2) is 0 Å². The van der Waals surface area contributed by atoms with E-state index >= 15 is 0 Å². The van der Waals surface area contributed by atoms with Crippen LogP contribution in [0.25, 0.3) is 11.1 Å². The first kappa shape index (κ1) is 17.0. The average Bonchev–Trinajstić information content (AvgIpc) is 2.63. The molecule has 0 saturated carbocycles. The van der Waals surface area contributed by atoms with Gasteiger partial charge in [0.05, 0.1) is 0 Å². The summed E-state index contributed by atoms with van der Waals surface area (Å²) in [6.07, 6.45) is 1.98. The molecule has 3 aromatic rings. The van der Waals surface area contributed by atoms with Gasteiger partial charge < -0.3 is 0 Å². The maximum absolute atomic E-state index is 4.13. The topological polar surface area (TPSA) is 0 Å². The van der Waals surface area contributed by atoms with Gasteiger partial charge in [-0.25, -0.2) is 0 Å². The maximum atomic E-state index is 4.13. The normalized spacial score (nSPS) is 10.4. The van der Waals surface area contributed by atoms with E-state index in [0.29, 0.717) is 0 Å². The highest BCUT2D eigenvalue weighted by Crippen LogP contribution is 2.34. The van der Waals surface area contributed by atoms with E-state index in [0.717, 1.165) is 0 Å². The van der Waals surface area contributed by atoms with Gasteiger partial charge in [-0.2, -0.15) is 0 Å². The van der Waals surface area contributed by atoms with E-state index in [1.807, 2.05) is 6.08 Å². The highest BCUT2D eigenvalue weighted by atomic mass is 14.2. The number of rotatable bonds is 4. The van der Waals surface area contributed by atoms with Crippen molar-refractivity contribution in [2.75, 3.05) is 0 Å². The van der Waals surface area contributed by atoms with Crippen molar-refractivity contribution in [1.82, 2.24) is 0 Å². The van der Waals surface area contributed by atoms with Crippen molar-refractivity contribution < 1.29 is 0 Å². The van der Waals surface area contributed by atoms with Crippen LogP contribution in [0.5, 0.6) is 0 Å². The lowest BCUT2D eigenvalue weighted by Crippen LogP contribution is -1.96. The molecule has 0 unspecified atom stereocenters. The first-order valence-electron chi connectivity index (χ1n) is 8.67. The van der Waals surface area contributed by atoms with Crippen LogP contribution in [-0.4, -0.2) is 0 Å². The Balaban J connectivity index is 2.32. The lowest BCUT2D eigenvalue weighted by Gasteiger charge is -2.16. The van der Waals surface area contributed by atoms with Crippen molar-refractivity contribution in [3.8, 4) is 0 Å². The minimum Gasteiger partial charge on any atom is -0.0984 e. The zero-order chi connectivity index (χ0) is 17.8. The Hall–Kier alpha value is -2.86. The standard InChI is InChI=1S/C25H24/c1-5-23(24-9-7-6-8-20(24)4)25(21-14-10-18(2)11-15-21)22-16-12-19(3)13-17-22/h5-17H,1H2,2-4H3. The SMILES string of the molecule is C=CC(=C(c1ccc(C)cc1)c1ccc(C)cc1)c1ccccc1C. The number of hydrogen-bond donors (Lipinski definition) is 0. The van der Waals surface area contributed by atoms with Gasteiger partial charge in [-0.3, -0.25) is 0 Å². The lowest BCUT2D eigenvalue weighted by atomic mass is 9.87. The third-order valence-corrected chi connectivity index (χ3v) is 4.59. The summed E-state index contributed by atoms with van der Waals surface area (Å²) < 4.78 is 0. The molecule has 0 spiro atoms. The highest BCUT2D eigenvalue weighted by molar-refractivity contribution is 6.02. The van der Waals surface area contributed by atoms with Crippen molar-refractivity contribution in [3.05, 3.63) is 119 Å². The molecular weight excluding hydrogens is 300 g/mol.